The van der Waals surface area contributed by atoms with Crippen molar-refractivity contribution in [2.45, 2.75) is 11.5 Å². The first kappa shape index (κ1) is 14.0. The van der Waals surface area contributed by atoms with Crippen molar-refractivity contribution in [1.29, 1.82) is 0 Å². The zero-order chi connectivity index (χ0) is 13.7. The van der Waals surface area contributed by atoms with Gasteiger partial charge < -0.3 is 4.74 Å². The molecule has 1 aromatic carbocycles. The van der Waals surface area contributed by atoms with Crippen LogP contribution in [-0.4, -0.2) is 29.5 Å². The van der Waals surface area contributed by atoms with Crippen molar-refractivity contribution >= 4 is 34.1 Å². The van der Waals surface area contributed by atoms with Gasteiger partial charge in [-0.2, -0.15) is 0 Å². The van der Waals surface area contributed by atoms with Gasteiger partial charge in [0.1, 0.15) is 11.6 Å². The van der Waals surface area contributed by atoms with Crippen molar-refractivity contribution in [1.82, 2.24) is 10.2 Å². The second-order valence-electron chi connectivity index (χ2n) is 3.59. The summed E-state index contributed by atoms with van der Waals surface area (Å²) in [5.74, 6) is -0.176. The Kier molecular flexibility index (Phi) is 4.89. The minimum Gasteiger partial charge on any atom is -0.377 e. The van der Waals surface area contributed by atoms with Crippen LogP contribution in [0.4, 0.5) is 5.13 Å². The van der Waals surface area contributed by atoms with Crippen molar-refractivity contribution in [2.75, 3.05) is 18.7 Å². The number of benzene rings is 1. The number of nitrogens with zero attached hydrogens (tertiary/aromatic N) is 2. The summed E-state index contributed by atoms with van der Waals surface area (Å²) < 4.78 is 4.96. The van der Waals surface area contributed by atoms with E-state index in [1.54, 1.807) is 13.2 Å². The summed E-state index contributed by atoms with van der Waals surface area (Å²) in [5, 5.41) is 11.8. The van der Waals surface area contributed by atoms with Gasteiger partial charge in [-0.05, 0) is 18.4 Å². The maximum atomic E-state index is 12.1. The number of carbonyl (C=O) groups excluding carboxylic acids is 1. The minimum atomic E-state index is -0.176. The van der Waals surface area contributed by atoms with Crippen LogP contribution in [0.2, 0.25) is 0 Å². The zero-order valence-corrected chi connectivity index (χ0v) is 12.2. The molecule has 2 rings (SSSR count). The Morgan fingerprint density at radius 3 is 2.95 bits per heavy atom. The second kappa shape index (κ2) is 6.65. The van der Waals surface area contributed by atoms with Crippen molar-refractivity contribution in [3.8, 4) is 0 Å². The number of ether oxygens (including phenoxy) is 1. The minimum absolute atomic E-state index is 0.176. The quantitative estimate of drug-likeness (QED) is 0.859. The van der Waals surface area contributed by atoms with Crippen LogP contribution in [0, 0.1) is 0 Å². The van der Waals surface area contributed by atoms with Gasteiger partial charge in [0.2, 0.25) is 5.13 Å². The predicted octanol–water partition coefficient (Wildman–Crippen LogP) is 2.66. The number of amides is 1. The molecule has 0 radical (unpaired) electrons. The second-order valence-corrected chi connectivity index (χ2v) is 5.50. The molecule has 0 aliphatic carbocycles. The van der Waals surface area contributed by atoms with Gasteiger partial charge in [-0.3, -0.25) is 10.1 Å². The number of methoxy groups -OCH3 is 1. The fraction of sp³-hybridized carbons (Fsp3) is 0.250. The van der Waals surface area contributed by atoms with Gasteiger partial charge >= 0.3 is 0 Å². The third-order valence-electron chi connectivity index (χ3n) is 2.31. The summed E-state index contributed by atoms with van der Waals surface area (Å²) in [6, 6.07) is 7.45. The van der Waals surface area contributed by atoms with Crippen molar-refractivity contribution in [3.63, 3.8) is 0 Å². The molecule has 0 saturated heterocycles. The van der Waals surface area contributed by atoms with Crippen LogP contribution >= 0.6 is 23.1 Å². The van der Waals surface area contributed by atoms with E-state index in [0.717, 1.165) is 9.90 Å². The summed E-state index contributed by atoms with van der Waals surface area (Å²) in [7, 11) is 1.59. The molecule has 2 aromatic rings. The molecule has 0 atom stereocenters. The van der Waals surface area contributed by atoms with E-state index in [4.69, 9.17) is 4.74 Å². The van der Waals surface area contributed by atoms with E-state index in [-0.39, 0.29) is 5.91 Å². The molecule has 1 N–H and O–H groups in total. The lowest BCUT2D eigenvalue weighted by Gasteiger charge is -2.05. The lowest BCUT2D eigenvalue weighted by atomic mass is 10.2. The van der Waals surface area contributed by atoms with Gasteiger partial charge in [-0.25, -0.2) is 0 Å². The highest BCUT2D eigenvalue weighted by atomic mass is 32.2. The molecule has 0 fully saturated rings. The Balaban J connectivity index is 2.11. The van der Waals surface area contributed by atoms with Gasteiger partial charge in [0, 0.05) is 12.0 Å². The Labute approximate surface area is 119 Å². The summed E-state index contributed by atoms with van der Waals surface area (Å²) >= 11 is 2.84. The lowest BCUT2D eigenvalue weighted by Crippen LogP contribution is -2.12. The van der Waals surface area contributed by atoms with Gasteiger partial charge in [-0.15, -0.1) is 22.0 Å². The fourth-order valence-electron chi connectivity index (χ4n) is 1.48. The molecular weight excluding hydrogens is 282 g/mol. The highest BCUT2D eigenvalue weighted by Crippen LogP contribution is 2.22. The number of carbonyl (C=O) groups is 1. The van der Waals surface area contributed by atoms with Crippen molar-refractivity contribution < 1.29 is 9.53 Å². The topological polar surface area (TPSA) is 64.1 Å². The van der Waals surface area contributed by atoms with E-state index < -0.39 is 0 Å². The summed E-state index contributed by atoms with van der Waals surface area (Å²) in [5.41, 5.74) is 0.637. The summed E-state index contributed by atoms with van der Waals surface area (Å²) in [4.78, 5) is 13.1. The number of aromatic nitrogens is 2. The van der Waals surface area contributed by atoms with Crippen molar-refractivity contribution in [2.24, 2.45) is 0 Å². The monoisotopic (exact) mass is 295 g/mol. The Hall–Kier alpha value is -1.44. The normalized spacial score (nSPS) is 10.4. The number of hydrogen-bond donors (Lipinski definition) is 1. The van der Waals surface area contributed by atoms with E-state index in [1.165, 1.54) is 23.1 Å². The molecule has 5 nitrogen and oxygen atoms in total. The molecule has 0 saturated carbocycles. The first-order valence-corrected chi connectivity index (χ1v) is 7.54. The van der Waals surface area contributed by atoms with Gasteiger partial charge in [0.05, 0.1) is 5.56 Å². The van der Waals surface area contributed by atoms with E-state index >= 15 is 0 Å². The molecule has 0 unspecified atom stereocenters. The highest BCUT2D eigenvalue weighted by Gasteiger charge is 2.13. The van der Waals surface area contributed by atoms with E-state index in [2.05, 4.69) is 15.5 Å². The van der Waals surface area contributed by atoms with Crippen LogP contribution in [0.1, 0.15) is 15.4 Å². The number of nitrogens with one attached hydrogen (secondary N) is 1. The molecule has 19 heavy (non-hydrogen) atoms. The van der Waals surface area contributed by atoms with Crippen LogP contribution in [0.3, 0.4) is 0 Å². The molecule has 1 amide bonds. The van der Waals surface area contributed by atoms with Gasteiger partial charge in [0.25, 0.3) is 5.91 Å². The predicted molar refractivity (Wildman–Crippen MR) is 76.8 cm³/mol. The van der Waals surface area contributed by atoms with Crippen LogP contribution in [0.5, 0.6) is 0 Å². The maximum absolute atomic E-state index is 12.1. The largest absolute Gasteiger partial charge is 0.377 e. The van der Waals surface area contributed by atoms with Gasteiger partial charge in [-0.1, -0.05) is 23.5 Å². The summed E-state index contributed by atoms with van der Waals surface area (Å²) in [6.07, 6.45) is 1.94. The van der Waals surface area contributed by atoms with Crippen LogP contribution in [0.15, 0.2) is 29.2 Å². The first-order valence-electron chi connectivity index (χ1n) is 5.50. The standard InChI is InChI=1S/C12H13N3O2S2/c1-17-7-10-14-15-12(19-10)13-11(16)8-5-3-4-6-9(8)18-2/h3-6H,7H2,1-2H3,(H,13,15,16). The molecule has 100 valence electrons. The average Bonchev–Trinajstić information content (AvgIpc) is 2.86. The zero-order valence-electron chi connectivity index (χ0n) is 10.5. The van der Waals surface area contributed by atoms with E-state index in [9.17, 15) is 4.79 Å². The number of hydrogen-bond acceptors (Lipinski definition) is 6. The highest BCUT2D eigenvalue weighted by molar-refractivity contribution is 7.98. The van der Waals surface area contributed by atoms with Crippen LogP contribution in [0.25, 0.3) is 0 Å². The third-order valence-corrected chi connectivity index (χ3v) is 3.91. The molecule has 1 aromatic heterocycles. The molecule has 0 aliphatic rings. The Morgan fingerprint density at radius 2 is 2.21 bits per heavy atom. The number of rotatable bonds is 5. The molecular formula is C12H13N3O2S2. The van der Waals surface area contributed by atoms with E-state index in [0.29, 0.717) is 17.3 Å². The number of anilines is 1. The summed E-state index contributed by atoms with van der Waals surface area (Å²) in [6.45, 7) is 0.398. The van der Waals surface area contributed by atoms with Crippen LogP contribution in [-0.2, 0) is 11.3 Å². The maximum Gasteiger partial charge on any atom is 0.258 e. The third kappa shape index (κ3) is 3.52. The average molecular weight is 295 g/mol. The fourth-order valence-corrected chi connectivity index (χ4v) is 2.78. The molecule has 7 heteroatoms. The van der Waals surface area contributed by atoms with Crippen LogP contribution < -0.4 is 5.32 Å². The van der Waals surface area contributed by atoms with E-state index in [1.807, 2.05) is 24.5 Å². The first-order chi connectivity index (χ1) is 9.24. The number of thioether (sulfide) groups is 1. The Morgan fingerprint density at radius 1 is 1.42 bits per heavy atom. The van der Waals surface area contributed by atoms with Gasteiger partial charge in [0.15, 0.2) is 0 Å². The van der Waals surface area contributed by atoms with Crippen molar-refractivity contribution in [3.05, 3.63) is 34.8 Å². The lowest BCUT2D eigenvalue weighted by molar-refractivity contribution is 0.102. The Bertz CT molecular complexity index is 572. The molecule has 0 bridgehead atoms. The molecule has 0 spiro atoms. The molecule has 0 aliphatic heterocycles. The molecule has 1 heterocycles. The SMILES string of the molecule is COCc1nnc(NC(=O)c2ccccc2SC)s1. The smallest absolute Gasteiger partial charge is 0.258 e.